The van der Waals surface area contributed by atoms with E-state index in [0.29, 0.717) is 57.7 Å². The van der Waals surface area contributed by atoms with Crippen molar-refractivity contribution < 1.29 is 0 Å². The standard InChI is InChI=1S/C38H26N6.C34H20N8.C30H18N4/c1-23-11-15-26(16-12-23)36-42-37(27-17-13-24(2)14-18-27)44-38(43-36)33-22-39-32(21-40-33)35-30-20-19-25-7-3-4-8-28(25)34(30)29-9-5-6-10-31(29)41-35;1-2-6-24-21(5-1)9-10-26-30(24)25-7-3-4-8-27(25)39-31(26)28-19-38-29(20-37-28)34-41-32(22-11-15-35-16-12-22)40-33(42-34)23-13-17-36-18-14-23;1-2-8-20-19(7-1)13-14-24-29(20)23-10-4-6-12-26(23)34-30(24)28-18-32-27(17-33-28)22-15-16-31-25-11-5-3-9-21(22)25/h3-22H,1-2H3;1-20H;1-18H. The lowest BCUT2D eigenvalue weighted by Gasteiger charge is -2.12. The first-order valence-corrected chi connectivity index (χ1v) is 39.2. The topological polar surface area (TPSA) is 232 Å². The Bertz CT molecular complexity index is 7730. The molecule has 0 saturated carbocycles. The maximum absolute atomic E-state index is 5.06. The molecule has 12 aromatic carbocycles. The smallest absolute Gasteiger partial charge is 0.184 e. The lowest BCUT2D eigenvalue weighted by atomic mass is 9.96. The molecule has 0 aliphatic rings. The van der Waals surface area contributed by atoms with E-state index in [1.165, 1.54) is 48.8 Å². The number of fused-ring (bicyclic) bond motifs is 16. The summed E-state index contributed by atoms with van der Waals surface area (Å²) in [6.07, 6.45) is 19.3. The van der Waals surface area contributed by atoms with Crippen molar-refractivity contribution in [2.75, 3.05) is 0 Å². The molecule has 11 aromatic heterocycles. The average Bonchev–Trinajstić information content (AvgIpc) is 0.749. The van der Waals surface area contributed by atoms with E-state index in [2.05, 4.69) is 211 Å². The van der Waals surface area contributed by atoms with Gasteiger partial charge in [0.05, 0.1) is 82.0 Å². The lowest BCUT2D eigenvalue weighted by Crippen LogP contribution is -2.02. The SMILES string of the molecule is Cc1ccc(-c2nc(-c3ccc(C)cc3)nc(-c3cnc(-c4nc5ccccc5c5c4ccc4ccccc45)cn3)n2)cc1.c1ccc2c(c1)ccc1c(-c3cnc(-c4ccnc5ccccc45)cn3)nc3ccccc3c12.c1ccc2c(c1)ccc1c(-c3cnc(-c4nc(-c5ccncc5)nc(-c5ccncc5)n4)cn3)nc3ccccc3c12. The van der Waals surface area contributed by atoms with Crippen LogP contribution in [0, 0.1) is 13.8 Å². The monoisotopic (exact) mass is 1540 g/mol. The summed E-state index contributed by atoms with van der Waals surface area (Å²) in [6, 6.07) is 96.9. The molecule has 562 valence electrons. The molecule has 0 spiro atoms. The summed E-state index contributed by atoms with van der Waals surface area (Å²) in [6.45, 7) is 4.13. The van der Waals surface area contributed by atoms with Crippen molar-refractivity contribution >= 4 is 108 Å². The highest BCUT2D eigenvalue weighted by Crippen LogP contribution is 2.41. The number of aryl methyl sites for hydroxylation is 2. The molecular weight excluding hydrogens is 1480 g/mol. The third kappa shape index (κ3) is 13.5. The van der Waals surface area contributed by atoms with Crippen molar-refractivity contribution in [2.45, 2.75) is 13.8 Å². The van der Waals surface area contributed by atoms with Crippen LogP contribution in [0.2, 0.25) is 0 Å². The molecule has 0 bridgehead atoms. The number of aromatic nitrogens is 18. The van der Waals surface area contributed by atoms with Crippen LogP contribution in [0.15, 0.2) is 353 Å². The maximum Gasteiger partial charge on any atom is 0.184 e. The van der Waals surface area contributed by atoms with E-state index in [9.17, 15) is 0 Å². The average molecular weight is 1540 g/mol. The maximum atomic E-state index is 5.06. The molecule has 0 unspecified atom stereocenters. The largest absolute Gasteiger partial charge is 0.265 e. The van der Waals surface area contributed by atoms with Gasteiger partial charge in [0, 0.05) is 113 Å². The normalized spacial score (nSPS) is 11.4. The predicted octanol–water partition coefficient (Wildman–Crippen LogP) is 23.0. The minimum absolute atomic E-state index is 0.421. The number of hydrogen-bond donors (Lipinski definition) is 0. The van der Waals surface area contributed by atoms with Gasteiger partial charge in [-0.05, 0) is 101 Å². The van der Waals surface area contributed by atoms with Gasteiger partial charge >= 0.3 is 0 Å². The molecule has 23 aromatic rings. The molecule has 0 aliphatic carbocycles. The molecule has 0 N–H and O–H groups in total. The number of pyridine rings is 6. The molecule has 0 atom stereocenters. The van der Waals surface area contributed by atoms with Gasteiger partial charge in [0.15, 0.2) is 34.9 Å². The fraction of sp³-hybridized carbons (Fsp3) is 0.0196. The van der Waals surface area contributed by atoms with E-state index in [1.807, 2.05) is 122 Å². The van der Waals surface area contributed by atoms with E-state index in [0.717, 1.165) is 127 Å². The highest BCUT2D eigenvalue weighted by atomic mass is 15.1. The van der Waals surface area contributed by atoms with Gasteiger partial charge in [0.1, 0.15) is 28.5 Å². The highest BCUT2D eigenvalue weighted by molar-refractivity contribution is 6.25. The molecule has 0 fully saturated rings. The minimum atomic E-state index is 0.421. The van der Waals surface area contributed by atoms with Crippen LogP contribution in [0.1, 0.15) is 11.1 Å². The lowest BCUT2D eigenvalue weighted by molar-refractivity contribution is 1.05. The van der Waals surface area contributed by atoms with Gasteiger partial charge in [-0.15, -0.1) is 0 Å². The molecular formula is C102H64N18. The Morgan fingerprint density at radius 3 is 0.833 bits per heavy atom. The van der Waals surface area contributed by atoms with Crippen LogP contribution in [0.25, 0.3) is 222 Å². The Morgan fingerprint density at radius 2 is 0.475 bits per heavy atom. The molecule has 0 aliphatic heterocycles. The van der Waals surface area contributed by atoms with E-state index in [1.54, 1.807) is 49.6 Å². The molecule has 18 heteroatoms. The van der Waals surface area contributed by atoms with E-state index < -0.39 is 0 Å². The number of hydrogen-bond acceptors (Lipinski definition) is 18. The van der Waals surface area contributed by atoms with Crippen LogP contribution in [0.3, 0.4) is 0 Å². The van der Waals surface area contributed by atoms with E-state index in [-0.39, 0.29) is 0 Å². The summed E-state index contributed by atoms with van der Waals surface area (Å²) in [5.74, 6) is 3.11. The number of rotatable bonds is 10. The molecule has 0 amide bonds. The van der Waals surface area contributed by atoms with E-state index >= 15 is 0 Å². The Labute approximate surface area is 686 Å². The van der Waals surface area contributed by atoms with Crippen LogP contribution >= 0.6 is 0 Å². The van der Waals surface area contributed by atoms with Gasteiger partial charge < -0.3 is 0 Å². The van der Waals surface area contributed by atoms with Gasteiger partial charge in [0.2, 0.25) is 0 Å². The van der Waals surface area contributed by atoms with Crippen molar-refractivity contribution in [2.24, 2.45) is 0 Å². The summed E-state index contributed by atoms with van der Waals surface area (Å²) >= 11 is 0. The van der Waals surface area contributed by atoms with Crippen molar-refractivity contribution in [3.8, 4) is 114 Å². The summed E-state index contributed by atoms with van der Waals surface area (Å²) in [7, 11) is 0. The second kappa shape index (κ2) is 30.6. The molecule has 23 rings (SSSR count). The van der Waals surface area contributed by atoms with Crippen LogP contribution in [0.4, 0.5) is 0 Å². The number of benzene rings is 12. The Balaban J connectivity index is 0.000000112. The molecule has 11 heterocycles. The Morgan fingerprint density at radius 1 is 0.183 bits per heavy atom. The molecule has 120 heavy (non-hydrogen) atoms. The van der Waals surface area contributed by atoms with Gasteiger partial charge in [0.25, 0.3) is 0 Å². The summed E-state index contributed by atoms with van der Waals surface area (Å²) in [4.78, 5) is 85.4. The van der Waals surface area contributed by atoms with Crippen LogP contribution in [-0.4, -0.2) is 89.7 Å². The fourth-order valence-corrected chi connectivity index (χ4v) is 15.7. The van der Waals surface area contributed by atoms with Crippen molar-refractivity contribution in [1.82, 2.24) is 89.7 Å². The fourth-order valence-electron chi connectivity index (χ4n) is 15.7. The third-order valence-electron chi connectivity index (χ3n) is 21.6. The summed E-state index contributed by atoms with van der Waals surface area (Å²) < 4.78 is 0. The predicted molar refractivity (Wildman–Crippen MR) is 479 cm³/mol. The van der Waals surface area contributed by atoms with Gasteiger partial charge in [-0.25, -0.2) is 54.8 Å². The second-order valence-corrected chi connectivity index (χ2v) is 29.1. The van der Waals surface area contributed by atoms with Gasteiger partial charge in [-0.1, -0.05) is 242 Å². The summed E-state index contributed by atoms with van der Waals surface area (Å²) in [5, 5.41) is 18.2. The zero-order valence-electron chi connectivity index (χ0n) is 64.5. The molecule has 0 radical (unpaired) electrons. The molecule has 18 nitrogen and oxygen atoms in total. The van der Waals surface area contributed by atoms with Crippen molar-refractivity contribution in [3.05, 3.63) is 364 Å². The Kier molecular flexibility index (Phi) is 18.2. The number of nitrogens with zero attached hydrogens (tertiary/aromatic N) is 18. The second-order valence-electron chi connectivity index (χ2n) is 29.1. The van der Waals surface area contributed by atoms with Gasteiger partial charge in [-0.3, -0.25) is 34.9 Å². The molecule has 0 saturated heterocycles. The van der Waals surface area contributed by atoms with Crippen LogP contribution < -0.4 is 0 Å². The zero-order valence-corrected chi connectivity index (χ0v) is 64.5. The van der Waals surface area contributed by atoms with Gasteiger partial charge in [-0.2, -0.15) is 0 Å². The quantitative estimate of drug-likeness (QED) is 0.116. The first kappa shape index (κ1) is 71.2. The number of para-hydroxylation sites is 4. The highest BCUT2D eigenvalue weighted by Gasteiger charge is 2.22. The van der Waals surface area contributed by atoms with Crippen molar-refractivity contribution in [3.63, 3.8) is 0 Å². The zero-order chi connectivity index (χ0) is 80.0. The summed E-state index contributed by atoms with van der Waals surface area (Å²) in [5.41, 5.74) is 17.0. The van der Waals surface area contributed by atoms with Crippen molar-refractivity contribution in [1.29, 1.82) is 0 Å². The van der Waals surface area contributed by atoms with E-state index in [4.69, 9.17) is 74.8 Å². The third-order valence-corrected chi connectivity index (χ3v) is 21.6. The first-order chi connectivity index (χ1) is 59.3. The Hall–Kier alpha value is -16.6. The van der Waals surface area contributed by atoms with Crippen LogP contribution in [0.5, 0.6) is 0 Å². The first-order valence-electron chi connectivity index (χ1n) is 39.2. The minimum Gasteiger partial charge on any atom is -0.265 e. The van der Waals surface area contributed by atoms with Crippen LogP contribution in [-0.2, 0) is 0 Å².